The number of rotatable bonds is 7. The minimum Gasteiger partial charge on any atom is -0.384 e. The Labute approximate surface area is 189 Å². The van der Waals surface area contributed by atoms with Gasteiger partial charge in [0.1, 0.15) is 11.6 Å². The lowest BCUT2D eigenvalue weighted by Gasteiger charge is -2.30. The molecule has 7 nitrogen and oxygen atoms in total. The molecule has 1 atom stereocenters. The van der Waals surface area contributed by atoms with Crippen LogP contribution in [-0.2, 0) is 27.2 Å². The molecular formula is C25H32N4O3. The Hall–Kier alpha value is -2.80. The predicted molar refractivity (Wildman–Crippen MR) is 123 cm³/mol. The maximum Gasteiger partial charge on any atom is 0.228 e. The molecule has 0 aliphatic carbocycles. The molecule has 4 rings (SSSR count). The average Bonchev–Trinajstić information content (AvgIpc) is 3.27. The lowest BCUT2D eigenvalue weighted by atomic mass is 10.0. The van der Waals surface area contributed by atoms with Crippen LogP contribution in [0.5, 0.6) is 0 Å². The Morgan fingerprint density at radius 3 is 2.84 bits per heavy atom. The van der Waals surface area contributed by atoms with Gasteiger partial charge >= 0.3 is 0 Å². The van der Waals surface area contributed by atoms with Gasteiger partial charge in [0, 0.05) is 50.3 Å². The molecule has 1 aromatic heterocycles. The van der Waals surface area contributed by atoms with Crippen LogP contribution < -0.4 is 4.90 Å². The number of amides is 2. The fourth-order valence-electron chi connectivity index (χ4n) is 4.67. The van der Waals surface area contributed by atoms with E-state index >= 15 is 0 Å². The molecule has 0 bridgehead atoms. The molecule has 0 spiro atoms. The molecule has 32 heavy (non-hydrogen) atoms. The number of aryl methyl sites for hydroxylation is 2. The van der Waals surface area contributed by atoms with Gasteiger partial charge in [-0.2, -0.15) is 0 Å². The van der Waals surface area contributed by atoms with Crippen LogP contribution in [0.3, 0.4) is 0 Å². The number of hydrogen-bond donors (Lipinski definition) is 0. The lowest BCUT2D eigenvalue weighted by molar-refractivity contribution is -0.131. The topological polar surface area (TPSA) is 75.6 Å². The van der Waals surface area contributed by atoms with Crippen molar-refractivity contribution in [3.63, 3.8) is 0 Å². The first-order valence-corrected chi connectivity index (χ1v) is 11.5. The minimum atomic E-state index is 0.0983. The molecule has 1 saturated heterocycles. The van der Waals surface area contributed by atoms with Crippen molar-refractivity contribution in [2.45, 2.75) is 51.9 Å². The minimum absolute atomic E-state index is 0.0983. The number of aromatic nitrogens is 2. The van der Waals surface area contributed by atoms with E-state index in [1.54, 1.807) is 7.11 Å². The summed E-state index contributed by atoms with van der Waals surface area (Å²) in [5.74, 6) is 1.84. The van der Waals surface area contributed by atoms with E-state index in [4.69, 9.17) is 14.7 Å². The number of carbonyl (C=O) groups excluding carboxylic acids is 2. The lowest BCUT2D eigenvalue weighted by Crippen LogP contribution is -2.38. The summed E-state index contributed by atoms with van der Waals surface area (Å²) in [6.45, 7) is 6.47. The first kappa shape index (κ1) is 22.4. The SMILES string of the molecule is COCCC(=O)N1CCC(c2nc(C)c3c(n2)N(CCc2cccc(C)c2)C(=O)CC3)C1. The summed E-state index contributed by atoms with van der Waals surface area (Å²) >= 11 is 0. The third-order valence-electron chi connectivity index (χ3n) is 6.49. The van der Waals surface area contributed by atoms with Gasteiger partial charge in [-0.1, -0.05) is 29.8 Å². The monoisotopic (exact) mass is 436 g/mol. The van der Waals surface area contributed by atoms with Crippen LogP contribution in [0, 0.1) is 13.8 Å². The van der Waals surface area contributed by atoms with Crippen LogP contribution in [0.15, 0.2) is 24.3 Å². The first-order valence-electron chi connectivity index (χ1n) is 11.5. The highest BCUT2D eigenvalue weighted by molar-refractivity contribution is 5.95. The van der Waals surface area contributed by atoms with Crippen molar-refractivity contribution >= 4 is 17.6 Å². The molecule has 170 valence electrons. The maximum atomic E-state index is 12.8. The molecule has 2 aromatic rings. The van der Waals surface area contributed by atoms with Crippen molar-refractivity contribution in [3.05, 3.63) is 52.5 Å². The quantitative estimate of drug-likeness (QED) is 0.667. The third kappa shape index (κ3) is 4.83. The molecule has 2 aliphatic rings. The van der Waals surface area contributed by atoms with E-state index < -0.39 is 0 Å². The van der Waals surface area contributed by atoms with Gasteiger partial charge < -0.3 is 9.64 Å². The fourth-order valence-corrected chi connectivity index (χ4v) is 4.67. The van der Waals surface area contributed by atoms with Gasteiger partial charge in [0.2, 0.25) is 11.8 Å². The van der Waals surface area contributed by atoms with Gasteiger partial charge in [-0.3, -0.25) is 14.5 Å². The van der Waals surface area contributed by atoms with Crippen molar-refractivity contribution in [3.8, 4) is 0 Å². The molecule has 0 radical (unpaired) electrons. The molecule has 1 fully saturated rings. The van der Waals surface area contributed by atoms with E-state index in [-0.39, 0.29) is 17.7 Å². The second kappa shape index (κ2) is 9.77. The van der Waals surface area contributed by atoms with Crippen LogP contribution in [0.2, 0.25) is 0 Å². The van der Waals surface area contributed by atoms with Crippen LogP contribution in [0.25, 0.3) is 0 Å². The Morgan fingerprint density at radius 2 is 2.06 bits per heavy atom. The molecule has 0 saturated carbocycles. The number of nitrogens with zero attached hydrogens (tertiary/aromatic N) is 4. The van der Waals surface area contributed by atoms with Gasteiger partial charge in [0.25, 0.3) is 0 Å². The number of ether oxygens (including phenoxy) is 1. The molecular weight excluding hydrogens is 404 g/mol. The largest absolute Gasteiger partial charge is 0.384 e. The zero-order valence-electron chi connectivity index (χ0n) is 19.3. The summed E-state index contributed by atoms with van der Waals surface area (Å²) in [7, 11) is 1.61. The maximum absolute atomic E-state index is 12.8. The summed E-state index contributed by atoms with van der Waals surface area (Å²) < 4.78 is 5.04. The smallest absolute Gasteiger partial charge is 0.228 e. The van der Waals surface area contributed by atoms with Crippen LogP contribution in [-0.4, -0.2) is 60.0 Å². The average molecular weight is 437 g/mol. The standard InChI is InChI=1S/C25H32N4O3/c1-17-5-4-6-19(15-17)9-13-29-23(31)8-7-21-18(2)26-24(27-25(21)29)20-10-12-28(16-20)22(30)11-14-32-3/h4-6,15,20H,7-14,16H2,1-3H3. The second-order valence-corrected chi connectivity index (χ2v) is 8.82. The van der Waals surface area contributed by atoms with E-state index in [0.29, 0.717) is 45.5 Å². The number of hydrogen-bond acceptors (Lipinski definition) is 5. The molecule has 3 heterocycles. The first-order chi connectivity index (χ1) is 15.5. The normalized spacial score (nSPS) is 18.2. The molecule has 1 unspecified atom stereocenters. The highest BCUT2D eigenvalue weighted by atomic mass is 16.5. The van der Waals surface area contributed by atoms with Crippen molar-refractivity contribution < 1.29 is 14.3 Å². The van der Waals surface area contributed by atoms with Gasteiger partial charge in [0.05, 0.1) is 13.0 Å². The zero-order valence-corrected chi connectivity index (χ0v) is 19.3. The Morgan fingerprint density at radius 1 is 1.22 bits per heavy atom. The predicted octanol–water partition coefficient (Wildman–Crippen LogP) is 2.97. The molecule has 2 aliphatic heterocycles. The summed E-state index contributed by atoms with van der Waals surface area (Å²) in [5, 5.41) is 0. The van der Waals surface area contributed by atoms with E-state index in [1.807, 2.05) is 16.7 Å². The highest BCUT2D eigenvalue weighted by Crippen LogP contribution is 2.32. The molecule has 1 aromatic carbocycles. The van der Waals surface area contributed by atoms with Crippen molar-refractivity contribution in [1.82, 2.24) is 14.9 Å². The van der Waals surface area contributed by atoms with Gasteiger partial charge in [-0.15, -0.1) is 0 Å². The Bertz CT molecular complexity index is 1010. The van der Waals surface area contributed by atoms with Crippen molar-refractivity contribution in [1.29, 1.82) is 0 Å². The number of benzene rings is 1. The van der Waals surface area contributed by atoms with Gasteiger partial charge in [-0.25, -0.2) is 9.97 Å². The fraction of sp³-hybridized carbons (Fsp3) is 0.520. The number of anilines is 1. The second-order valence-electron chi connectivity index (χ2n) is 8.82. The molecule has 0 N–H and O–H groups in total. The van der Waals surface area contributed by atoms with E-state index in [0.717, 1.165) is 35.7 Å². The number of fused-ring (bicyclic) bond motifs is 1. The van der Waals surface area contributed by atoms with Gasteiger partial charge in [-0.05, 0) is 38.7 Å². The Kier molecular flexibility index (Phi) is 6.84. The van der Waals surface area contributed by atoms with Gasteiger partial charge in [0.15, 0.2) is 0 Å². The van der Waals surface area contributed by atoms with E-state index in [1.165, 1.54) is 11.1 Å². The van der Waals surface area contributed by atoms with E-state index in [9.17, 15) is 9.59 Å². The van der Waals surface area contributed by atoms with E-state index in [2.05, 4.69) is 31.2 Å². The molecule has 7 heteroatoms. The molecule has 2 amide bonds. The summed E-state index contributed by atoms with van der Waals surface area (Å²) in [5.41, 5.74) is 4.46. The van der Waals surface area contributed by atoms with Crippen molar-refractivity contribution in [2.24, 2.45) is 0 Å². The van der Waals surface area contributed by atoms with Crippen LogP contribution in [0.1, 0.15) is 53.4 Å². The third-order valence-corrected chi connectivity index (χ3v) is 6.49. The number of methoxy groups -OCH3 is 1. The number of likely N-dealkylation sites (tertiary alicyclic amines) is 1. The van der Waals surface area contributed by atoms with Crippen LogP contribution in [0.4, 0.5) is 5.82 Å². The highest BCUT2D eigenvalue weighted by Gasteiger charge is 2.32. The zero-order chi connectivity index (χ0) is 22.7. The number of carbonyl (C=O) groups is 2. The van der Waals surface area contributed by atoms with Crippen LogP contribution >= 0.6 is 0 Å². The van der Waals surface area contributed by atoms with Crippen molar-refractivity contribution in [2.75, 3.05) is 38.3 Å². The Balaban J connectivity index is 1.53. The summed E-state index contributed by atoms with van der Waals surface area (Å²) in [4.78, 5) is 38.6. The summed E-state index contributed by atoms with van der Waals surface area (Å²) in [6, 6.07) is 8.41. The summed E-state index contributed by atoms with van der Waals surface area (Å²) in [6.07, 6.45) is 3.21.